The molecule has 0 radical (unpaired) electrons. The topological polar surface area (TPSA) is 105 Å². The normalized spacial score (nSPS) is 17.6. The van der Waals surface area contributed by atoms with Gasteiger partial charge in [0.05, 0.1) is 4.92 Å². The number of rotatable bonds is 5. The summed E-state index contributed by atoms with van der Waals surface area (Å²) in [5, 5.41) is 10.8. The van der Waals surface area contributed by atoms with Gasteiger partial charge in [-0.1, -0.05) is 24.6 Å². The van der Waals surface area contributed by atoms with Crippen molar-refractivity contribution >= 4 is 23.7 Å². The maximum atomic E-state index is 12.6. The lowest BCUT2D eigenvalue weighted by molar-refractivity contribution is -0.384. The van der Waals surface area contributed by atoms with Crippen LogP contribution < -0.4 is 4.74 Å². The van der Waals surface area contributed by atoms with Crippen LogP contribution in [0.4, 0.5) is 5.69 Å². The fourth-order valence-electron chi connectivity index (χ4n) is 3.73. The van der Waals surface area contributed by atoms with E-state index in [-0.39, 0.29) is 17.9 Å². The monoisotopic (exact) mass is 423 g/mol. The lowest BCUT2D eigenvalue weighted by Gasteiger charge is -2.38. The molecule has 0 unspecified atom stereocenters. The number of benzene rings is 2. The Morgan fingerprint density at radius 1 is 0.968 bits per heavy atom. The maximum absolute atomic E-state index is 12.6. The minimum absolute atomic E-state index is 0.000978. The molecule has 2 aromatic rings. The fraction of sp³-hybridized carbons (Fsp3) is 0.304. The molecule has 2 aliphatic rings. The quantitative estimate of drug-likeness (QED) is 0.232. The highest BCUT2D eigenvalue weighted by Gasteiger charge is 2.46. The van der Waals surface area contributed by atoms with Gasteiger partial charge in [-0.05, 0) is 42.7 Å². The van der Waals surface area contributed by atoms with E-state index in [0.717, 1.165) is 24.8 Å². The van der Waals surface area contributed by atoms with E-state index in [9.17, 15) is 19.7 Å². The molecule has 160 valence electrons. The van der Waals surface area contributed by atoms with Crippen molar-refractivity contribution in [3.63, 3.8) is 0 Å². The lowest BCUT2D eigenvalue weighted by atomic mass is 9.93. The highest BCUT2D eigenvalue weighted by atomic mass is 16.7. The van der Waals surface area contributed by atoms with E-state index in [2.05, 4.69) is 0 Å². The molecule has 1 spiro atoms. The van der Waals surface area contributed by atoms with Gasteiger partial charge < -0.3 is 14.2 Å². The van der Waals surface area contributed by atoms with Gasteiger partial charge in [-0.2, -0.15) is 0 Å². The van der Waals surface area contributed by atoms with Crippen LogP contribution in [-0.4, -0.2) is 22.6 Å². The van der Waals surface area contributed by atoms with Gasteiger partial charge in [-0.3, -0.25) is 10.1 Å². The molecule has 1 heterocycles. The number of nitrogens with zero attached hydrogens (tertiary/aromatic N) is 1. The van der Waals surface area contributed by atoms with E-state index in [0.29, 0.717) is 24.2 Å². The van der Waals surface area contributed by atoms with Crippen LogP contribution >= 0.6 is 0 Å². The molecule has 1 aliphatic heterocycles. The molecule has 1 aliphatic carbocycles. The number of carbonyl (C=O) groups excluding carboxylic acids is 2. The predicted molar refractivity (Wildman–Crippen MR) is 110 cm³/mol. The Bertz CT molecular complexity index is 1010. The number of carbonyl (C=O) groups is 2. The Morgan fingerprint density at radius 3 is 2.26 bits per heavy atom. The van der Waals surface area contributed by atoms with E-state index >= 15 is 0 Å². The Kier molecular flexibility index (Phi) is 5.70. The minimum Gasteiger partial charge on any atom is -0.488 e. The van der Waals surface area contributed by atoms with Crippen molar-refractivity contribution < 1.29 is 28.7 Å². The SMILES string of the molecule is O=C1OC2(CCCCC2)OC(=O)C1=Cc1ccccc1OCc1ccc([N+](=O)[O-])cc1. The first-order chi connectivity index (χ1) is 15.0. The second kappa shape index (κ2) is 8.59. The van der Waals surface area contributed by atoms with Crippen molar-refractivity contribution in [2.75, 3.05) is 0 Å². The first-order valence-electron chi connectivity index (χ1n) is 10.1. The van der Waals surface area contributed by atoms with Crippen molar-refractivity contribution in [1.29, 1.82) is 0 Å². The van der Waals surface area contributed by atoms with Crippen LogP contribution in [0.3, 0.4) is 0 Å². The number of nitro groups is 1. The summed E-state index contributed by atoms with van der Waals surface area (Å²) in [7, 11) is 0. The molecule has 4 rings (SSSR count). The highest BCUT2D eigenvalue weighted by Crippen LogP contribution is 2.37. The number of esters is 2. The molecule has 0 amide bonds. The fourth-order valence-corrected chi connectivity index (χ4v) is 3.73. The molecule has 8 nitrogen and oxygen atoms in total. The largest absolute Gasteiger partial charge is 0.488 e. The standard InChI is InChI=1S/C23H21NO7/c25-21-19(22(26)31-23(30-21)12-4-1-5-13-23)14-17-6-2-3-7-20(17)29-15-16-8-10-18(11-9-16)24(27)28/h2-3,6-11,14H,1,4-5,12-13,15H2. The second-order valence-electron chi connectivity index (χ2n) is 7.56. The summed E-state index contributed by atoms with van der Waals surface area (Å²) in [6.07, 6.45) is 5.17. The third-order valence-corrected chi connectivity index (χ3v) is 5.37. The summed E-state index contributed by atoms with van der Waals surface area (Å²) in [4.78, 5) is 35.4. The Hall–Kier alpha value is -3.68. The number of nitro benzene ring substituents is 1. The summed E-state index contributed by atoms with van der Waals surface area (Å²) in [6.45, 7) is 0.163. The summed E-state index contributed by atoms with van der Waals surface area (Å²) in [5.74, 6) is -2.06. The number of non-ortho nitro benzene ring substituents is 1. The smallest absolute Gasteiger partial charge is 0.348 e. The van der Waals surface area contributed by atoms with Crippen LogP contribution in [0.2, 0.25) is 0 Å². The van der Waals surface area contributed by atoms with Crippen LogP contribution in [0.25, 0.3) is 6.08 Å². The minimum atomic E-state index is -1.13. The Labute approximate surface area is 178 Å². The highest BCUT2D eigenvalue weighted by molar-refractivity contribution is 6.19. The molecular formula is C23H21NO7. The van der Waals surface area contributed by atoms with E-state index in [1.165, 1.54) is 18.2 Å². The van der Waals surface area contributed by atoms with Gasteiger partial charge in [0.2, 0.25) is 0 Å². The van der Waals surface area contributed by atoms with Crippen LogP contribution in [0, 0.1) is 10.1 Å². The first kappa shape index (κ1) is 20.6. The van der Waals surface area contributed by atoms with Gasteiger partial charge >= 0.3 is 11.9 Å². The zero-order chi connectivity index (χ0) is 21.8. The molecule has 0 atom stereocenters. The average molecular weight is 423 g/mol. The van der Waals surface area contributed by atoms with Crippen LogP contribution in [0.1, 0.15) is 43.2 Å². The van der Waals surface area contributed by atoms with E-state index in [1.807, 2.05) is 0 Å². The number of ether oxygens (including phenoxy) is 3. The van der Waals surface area contributed by atoms with Gasteiger partial charge in [-0.15, -0.1) is 0 Å². The van der Waals surface area contributed by atoms with Gasteiger partial charge in [0.1, 0.15) is 17.9 Å². The van der Waals surface area contributed by atoms with Crippen molar-refractivity contribution in [3.05, 3.63) is 75.3 Å². The molecule has 1 saturated carbocycles. The summed E-state index contributed by atoms with van der Waals surface area (Å²) in [5.41, 5.74) is 1.08. The molecule has 0 aromatic heterocycles. The molecule has 8 heteroatoms. The van der Waals surface area contributed by atoms with Crippen molar-refractivity contribution in [2.45, 2.75) is 44.5 Å². The molecule has 31 heavy (non-hydrogen) atoms. The second-order valence-corrected chi connectivity index (χ2v) is 7.56. The molecule has 0 bridgehead atoms. The molecule has 0 N–H and O–H groups in total. The van der Waals surface area contributed by atoms with Crippen LogP contribution in [0.15, 0.2) is 54.1 Å². The maximum Gasteiger partial charge on any atom is 0.348 e. The number of hydrogen-bond donors (Lipinski definition) is 0. The van der Waals surface area contributed by atoms with Gasteiger partial charge in [-0.25, -0.2) is 9.59 Å². The summed E-state index contributed by atoms with van der Waals surface area (Å²) < 4.78 is 16.9. The first-order valence-corrected chi connectivity index (χ1v) is 10.1. The van der Waals surface area contributed by atoms with E-state index < -0.39 is 22.6 Å². The molecule has 2 fully saturated rings. The molecular weight excluding hydrogens is 402 g/mol. The predicted octanol–water partition coefficient (Wildman–Crippen LogP) is 4.32. The van der Waals surface area contributed by atoms with E-state index in [1.54, 1.807) is 36.4 Å². The number of para-hydroxylation sites is 1. The lowest BCUT2D eigenvalue weighted by Crippen LogP contribution is -2.47. The van der Waals surface area contributed by atoms with Crippen molar-refractivity contribution in [1.82, 2.24) is 0 Å². The third-order valence-electron chi connectivity index (χ3n) is 5.37. The summed E-state index contributed by atoms with van der Waals surface area (Å²) >= 11 is 0. The van der Waals surface area contributed by atoms with Crippen molar-refractivity contribution in [2.24, 2.45) is 0 Å². The van der Waals surface area contributed by atoms with Crippen LogP contribution in [0.5, 0.6) is 5.75 Å². The zero-order valence-corrected chi connectivity index (χ0v) is 16.7. The Balaban J connectivity index is 1.50. The zero-order valence-electron chi connectivity index (χ0n) is 16.7. The number of hydrogen-bond acceptors (Lipinski definition) is 7. The molecule has 1 saturated heterocycles. The van der Waals surface area contributed by atoms with Crippen LogP contribution in [-0.2, 0) is 25.7 Å². The third kappa shape index (κ3) is 4.58. The molecule has 2 aromatic carbocycles. The van der Waals surface area contributed by atoms with Gasteiger partial charge in [0.25, 0.3) is 11.5 Å². The average Bonchev–Trinajstić information content (AvgIpc) is 2.76. The van der Waals surface area contributed by atoms with Gasteiger partial charge in [0.15, 0.2) is 0 Å². The van der Waals surface area contributed by atoms with E-state index in [4.69, 9.17) is 14.2 Å². The summed E-state index contributed by atoms with van der Waals surface area (Å²) in [6, 6.07) is 13.0. The van der Waals surface area contributed by atoms with Crippen molar-refractivity contribution in [3.8, 4) is 5.75 Å². The Morgan fingerprint density at radius 2 is 1.61 bits per heavy atom. The van der Waals surface area contributed by atoms with Gasteiger partial charge in [0, 0.05) is 30.5 Å².